The van der Waals surface area contributed by atoms with Crippen LogP contribution in [0.15, 0.2) is 5.16 Å². The second-order valence-corrected chi connectivity index (χ2v) is 6.33. The van der Waals surface area contributed by atoms with Gasteiger partial charge in [0, 0.05) is 12.6 Å². The molecule has 1 saturated carbocycles. The Hall–Kier alpha value is -1.57. The predicted octanol–water partition coefficient (Wildman–Crippen LogP) is 2.03. The second kappa shape index (κ2) is 8.17. The van der Waals surface area contributed by atoms with Crippen LogP contribution in [0.1, 0.15) is 50.9 Å². The Kier molecular flexibility index (Phi) is 6.23. The van der Waals surface area contributed by atoms with Gasteiger partial charge in [-0.2, -0.15) is 0 Å². The normalized spacial score (nSPS) is 15.5. The number of imide groups is 1. The molecule has 1 fully saturated rings. The number of amides is 3. The zero-order chi connectivity index (χ0) is 15.9. The highest BCUT2D eigenvalue weighted by molar-refractivity contribution is 7.99. The summed E-state index contributed by atoms with van der Waals surface area (Å²) in [6.07, 6.45) is 6.01. The maximum absolute atomic E-state index is 11.7. The van der Waals surface area contributed by atoms with E-state index in [0.29, 0.717) is 12.6 Å². The van der Waals surface area contributed by atoms with Crippen molar-refractivity contribution >= 4 is 23.7 Å². The van der Waals surface area contributed by atoms with E-state index in [2.05, 4.69) is 25.4 Å². The van der Waals surface area contributed by atoms with Crippen LogP contribution in [0.5, 0.6) is 0 Å². The summed E-state index contributed by atoms with van der Waals surface area (Å²) in [7, 11) is 0. The molecule has 0 atom stereocenters. The maximum Gasteiger partial charge on any atom is 0.321 e. The number of aromatic nitrogens is 3. The molecule has 8 heteroatoms. The van der Waals surface area contributed by atoms with Crippen molar-refractivity contribution in [1.82, 2.24) is 25.4 Å². The van der Waals surface area contributed by atoms with Gasteiger partial charge in [-0.1, -0.05) is 31.0 Å². The number of carbonyl (C=O) groups is 2. The molecule has 2 N–H and O–H groups in total. The van der Waals surface area contributed by atoms with Crippen molar-refractivity contribution in [2.24, 2.45) is 0 Å². The Labute approximate surface area is 134 Å². The molecule has 1 heterocycles. The van der Waals surface area contributed by atoms with Crippen LogP contribution in [-0.4, -0.2) is 39.0 Å². The van der Waals surface area contributed by atoms with Crippen molar-refractivity contribution in [3.63, 3.8) is 0 Å². The van der Waals surface area contributed by atoms with E-state index in [1.54, 1.807) is 6.92 Å². The van der Waals surface area contributed by atoms with Crippen LogP contribution in [-0.2, 0) is 4.79 Å². The number of carbonyl (C=O) groups excluding carboxylic acids is 2. The zero-order valence-electron chi connectivity index (χ0n) is 13.1. The first-order chi connectivity index (χ1) is 10.6. The summed E-state index contributed by atoms with van der Waals surface area (Å²) in [6, 6.07) is -0.0317. The van der Waals surface area contributed by atoms with E-state index in [0.717, 1.165) is 23.8 Å². The topological polar surface area (TPSA) is 88.9 Å². The van der Waals surface area contributed by atoms with E-state index in [4.69, 9.17) is 0 Å². The van der Waals surface area contributed by atoms with Crippen molar-refractivity contribution in [2.75, 3.05) is 12.3 Å². The fourth-order valence-corrected chi connectivity index (χ4v) is 3.56. The molecule has 0 radical (unpaired) electrons. The van der Waals surface area contributed by atoms with Gasteiger partial charge in [-0.15, -0.1) is 10.2 Å². The minimum absolute atomic E-state index is 0.155. The number of hydrogen-bond acceptors (Lipinski definition) is 5. The summed E-state index contributed by atoms with van der Waals surface area (Å²) in [4.78, 5) is 23.0. The lowest BCUT2D eigenvalue weighted by Crippen LogP contribution is -2.40. The van der Waals surface area contributed by atoms with Gasteiger partial charge >= 0.3 is 6.03 Å². The van der Waals surface area contributed by atoms with E-state index >= 15 is 0 Å². The number of aryl methyl sites for hydroxylation is 1. The lowest BCUT2D eigenvalue weighted by Gasteiger charge is -2.24. The summed E-state index contributed by atoms with van der Waals surface area (Å²) in [5.41, 5.74) is 0. The van der Waals surface area contributed by atoms with Gasteiger partial charge in [0.05, 0.1) is 5.75 Å². The fraction of sp³-hybridized carbons (Fsp3) is 0.714. The first-order valence-electron chi connectivity index (χ1n) is 7.73. The Morgan fingerprint density at radius 1 is 1.27 bits per heavy atom. The second-order valence-electron chi connectivity index (χ2n) is 5.39. The molecule has 122 valence electrons. The van der Waals surface area contributed by atoms with E-state index in [-0.39, 0.29) is 11.7 Å². The summed E-state index contributed by atoms with van der Waals surface area (Å²) in [6.45, 7) is 4.23. The van der Waals surface area contributed by atoms with Gasteiger partial charge in [0.25, 0.3) is 0 Å². The smallest absolute Gasteiger partial charge is 0.321 e. The predicted molar refractivity (Wildman–Crippen MR) is 84.8 cm³/mol. The lowest BCUT2D eigenvalue weighted by atomic mass is 9.95. The summed E-state index contributed by atoms with van der Waals surface area (Å²) in [5.74, 6) is 0.715. The molecule has 2 rings (SSSR count). The van der Waals surface area contributed by atoms with E-state index in [9.17, 15) is 9.59 Å². The molecule has 3 amide bonds. The third kappa shape index (κ3) is 4.46. The van der Waals surface area contributed by atoms with Crippen molar-refractivity contribution in [3.8, 4) is 0 Å². The maximum atomic E-state index is 11.7. The number of hydrogen-bond donors (Lipinski definition) is 2. The van der Waals surface area contributed by atoms with E-state index in [1.807, 2.05) is 6.92 Å². The highest BCUT2D eigenvalue weighted by atomic mass is 32.2. The van der Waals surface area contributed by atoms with Crippen LogP contribution in [0, 0.1) is 6.92 Å². The minimum Gasteiger partial charge on any atom is -0.338 e. The van der Waals surface area contributed by atoms with Crippen molar-refractivity contribution in [3.05, 3.63) is 5.82 Å². The minimum atomic E-state index is -0.460. The van der Waals surface area contributed by atoms with Gasteiger partial charge < -0.3 is 9.88 Å². The van der Waals surface area contributed by atoms with Crippen LogP contribution in [0.2, 0.25) is 0 Å². The van der Waals surface area contributed by atoms with Crippen LogP contribution in [0.3, 0.4) is 0 Å². The Balaban J connectivity index is 1.93. The van der Waals surface area contributed by atoms with Gasteiger partial charge in [0.2, 0.25) is 5.91 Å². The standard InChI is InChI=1S/C14H23N5O2S/c1-3-15-13(21)16-12(20)9-22-14-18-17-10(2)19(14)11-7-5-4-6-8-11/h11H,3-9H2,1-2H3,(H2,15,16,20,21). The average molecular weight is 325 g/mol. The molecule has 1 aliphatic rings. The highest BCUT2D eigenvalue weighted by Crippen LogP contribution is 2.32. The van der Waals surface area contributed by atoms with Gasteiger partial charge in [-0.3, -0.25) is 10.1 Å². The largest absolute Gasteiger partial charge is 0.338 e. The SMILES string of the molecule is CCNC(=O)NC(=O)CSc1nnc(C)n1C1CCCCC1. The lowest BCUT2D eigenvalue weighted by molar-refractivity contribution is -0.117. The summed E-state index contributed by atoms with van der Waals surface area (Å²) >= 11 is 1.33. The van der Waals surface area contributed by atoms with E-state index < -0.39 is 6.03 Å². The molecule has 1 aromatic heterocycles. The summed E-state index contributed by atoms with van der Waals surface area (Å²) in [5, 5.41) is 13.9. The molecule has 22 heavy (non-hydrogen) atoms. The number of nitrogens with zero attached hydrogens (tertiary/aromatic N) is 3. The fourth-order valence-electron chi connectivity index (χ4n) is 2.71. The first-order valence-corrected chi connectivity index (χ1v) is 8.72. The van der Waals surface area contributed by atoms with Crippen LogP contribution < -0.4 is 10.6 Å². The molecule has 0 aliphatic heterocycles. The van der Waals surface area contributed by atoms with Crippen molar-refractivity contribution in [2.45, 2.75) is 57.1 Å². The number of thioether (sulfide) groups is 1. The molecule has 1 aromatic rings. The molecule has 7 nitrogen and oxygen atoms in total. The molecule has 0 unspecified atom stereocenters. The Bertz CT molecular complexity index is 525. The average Bonchev–Trinajstić information content (AvgIpc) is 2.87. The molecule has 0 bridgehead atoms. The number of nitrogens with one attached hydrogen (secondary N) is 2. The van der Waals surface area contributed by atoms with E-state index in [1.165, 1.54) is 31.0 Å². The van der Waals surface area contributed by atoms with Gasteiger partial charge in [-0.25, -0.2) is 4.79 Å². The zero-order valence-corrected chi connectivity index (χ0v) is 13.9. The van der Waals surface area contributed by atoms with Crippen LogP contribution >= 0.6 is 11.8 Å². The molecule has 0 aromatic carbocycles. The van der Waals surface area contributed by atoms with Gasteiger partial charge in [0.15, 0.2) is 5.16 Å². The molecular weight excluding hydrogens is 302 g/mol. The molecule has 0 saturated heterocycles. The summed E-state index contributed by atoms with van der Waals surface area (Å²) < 4.78 is 2.14. The third-order valence-corrected chi connectivity index (χ3v) is 4.64. The van der Waals surface area contributed by atoms with Crippen molar-refractivity contribution < 1.29 is 9.59 Å². The molecular formula is C14H23N5O2S. The van der Waals surface area contributed by atoms with Crippen molar-refractivity contribution in [1.29, 1.82) is 0 Å². The number of rotatable bonds is 5. The van der Waals surface area contributed by atoms with Crippen LogP contribution in [0.4, 0.5) is 4.79 Å². The monoisotopic (exact) mass is 325 g/mol. The van der Waals surface area contributed by atoms with Gasteiger partial charge in [-0.05, 0) is 26.7 Å². The van der Waals surface area contributed by atoms with Crippen LogP contribution in [0.25, 0.3) is 0 Å². The first kappa shape index (κ1) is 16.8. The number of urea groups is 1. The Morgan fingerprint density at radius 2 is 2.00 bits per heavy atom. The van der Waals surface area contributed by atoms with Gasteiger partial charge in [0.1, 0.15) is 5.82 Å². The Morgan fingerprint density at radius 3 is 2.68 bits per heavy atom. The molecule has 1 aliphatic carbocycles. The quantitative estimate of drug-likeness (QED) is 0.809. The highest BCUT2D eigenvalue weighted by Gasteiger charge is 2.21. The third-order valence-electron chi connectivity index (χ3n) is 3.70. The molecule has 0 spiro atoms.